The van der Waals surface area contributed by atoms with Gasteiger partial charge in [0.15, 0.2) is 16.8 Å². The number of pyridine rings is 1. The molecule has 0 bridgehead atoms. The number of aliphatic imine (C=N–C) groups is 1. The van der Waals surface area contributed by atoms with Crippen molar-refractivity contribution >= 4 is 40.2 Å². The predicted molar refractivity (Wildman–Crippen MR) is 160 cm³/mol. The van der Waals surface area contributed by atoms with Crippen LogP contribution in [0.5, 0.6) is 11.5 Å². The molecule has 1 saturated heterocycles. The molecule has 5 rings (SSSR count). The summed E-state index contributed by atoms with van der Waals surface area (Å²) >= 11 is 0.932. The smallest absolute Gasteiger partial charge is 0.491 e. The summed E-state index contributed by atoms with van der Waals surface area (Å²) in [6.45, 7) is 1.02. The van der Waals surface area contributed by atoms with Crippen LogP contribution in [0.1, 0.15) is 17.5 Å². The number of nitriles is 1. The van der Waals surface area contributed by atoms with Crippen molar-refractivity contribution in [3.05, 3.63) is 72.2 Å². The molecule has 3 amide bonds. The van der Waals surface area contributed by atoms with Gasteiger partial charge in [0.05, 0.1) is 41.9 Å². The minimum Gasteiger partial charge on any atom is -0.491 e. The molecule has 1 fully saturated rings. The number of ether oxygens (including phenoxy) is 2. The molecular formula is C29H20F6N8O4S. The molecule has 0 radical (unpaired) electrons. The van der Waals surface area contributed by atoms with Gasteiger partial charge in [0.2, 0.25) is 5.91 Å². The van der Waals surface area contributed by atoms with Crippen molar-refractivity contribution in [3.63, 3.8) is 0 Å². The predicted octanol–water partition coefficient (Wildman–Crippen LogP) is 6.41. The summed E-state index contributed by atoms with van der Waals surface area (Å²) in [6.07, 6.45) is -8.41. The lowest BCUT2D eigenvalue weighted by Gasteiger charge is -2.20. The third-order valence-electron chi connectivity index (χ3n) is 6.28. The van der Waals surface area contributed by atoms with Crippen LogP contribution in [0, 0.1) is 18.3 Å². The van der Waals surface area contributed by atoms with Crippen molar-refractivity contribution < 1.29 is 45.4 Å². The lowest BCUT2D eigenvalue weighted by atomic mass is 10.1. The molecule has 19 heteroatoms. The van der Waals surface area contributed by atoms with Crippen LogP contribution in [0.4, 0.5) is 42.5 Å². The molecule has 1 N–H and O–H groups in total. The molecular weight excluding hydrogens is 670 g/mol. The molecule has 48 heavy (non-hydrogen) atoms. The van der Waals surface area contributed by atoms with Crippen LogP contribution in [-0.2, 0) is 4.79 Å². The number of amidine groups is 1. The van der Waals surface area contributed by atoms with Gasteiger partial charge in [0, 0.05) is 5.56 Å². The average Bonchev–Trinajstić information content (AvgIpc) is 3.64. The van der Waals surface area contributed by atoms with Gasteiger partial charge in [-0.25, -0.2) is 19.4 Å². The summed E-state index contributed by atoms with van der Waals surface area (Å²) in [5.74, 6) is -0.837. The fourth-order valence-electron chi connectivity index (χ4n) is 4.21. The van der Waals surface area contributed by atoms with E-state index in [0.29, 0.717) is 11.1 Å². The lowest BCUT2D eigenvalue weighted by Crippen LogP contribution is -2.31. The summed E-state index contributed by atoms with van der Waals surface area (Å²) in [4.78, 5) is 38.8. The van der Waals surface area contributed by atoms with Gasteiger partial charge in [-0.05, 0) is 55.0 Å². The summed E-state index contributed by atoms with van der Waals surface area (Å²) in [5.41, 5.74) is 1.20. The van der Waals surface area contributed by atoms with E-state index in [2.05, 4.69) is 30.1 Å². The highest BCUT2D eigenvalue weighted by atomic mass is 32.2. The van der Waals surface area contributed by atoms with Gasteiger partial charge < -0.3 is 14.8 Å². The largest absolute Gasteiger partial charge is 0.573 e. The summed E-state index contributed by atoms with van der Waals surface area (Å²) in [6, 6.07) is 12.1. The molecule has 12 nitrogen and oxygen atoms in total. The van der Waals surface area contributed by atoms with Crippen LogP contribution >= 0.6 is 11.8 Å². The number of amides is 3. The first-order chi connectivity index (χ1) is 22.7. The average molecular weight is 691 g/mol. The van der Waals surface area contributed by atoms with E-state index < -0.39 is 43.3 Å². The number of nitrogens with zero attached hydrogens (tertiary/aromatic N) is 7. The second-order valence-electron chi connectivity index (χ2n) is 9.81. The zero-order valence-electron chi connectivity index (χ0n) is 24.3. The van der Waals surface area contributed by atoms with E-state index in [0.717, 1.165) is 28.9 Å². The first-order valence-electron chi connectivity index (χ1n) is 13.5. The van der Waals surface area contributed by atoms with Crippen molar-refractivity contribution in [1.29, 1.82) is 5.26 Å². The molecule has 2 aromatic heterocycles. The van der Waals surface area contributed by atoms with Crippen LogP contribution in [0.3, 0.4) is 0 Å². The number of nitrogens with one attached hydrogen (secondary N) is 1. The molecule has 4 aromatic rings. The van der Waals surface area contributed by atoms with Gasteiger partial charge in [0.1, 0.15) is 23.9 Å². The Hall–Kier alpha value is -5.64. The number of aromatic nitrogens is 4. The molecule has 0 unspecified atom stereocenters. The Morgan fingerprint density at radius 3 is 2.58 bits per heavy atom. The number of hydrogen-bond acceptors (Lipinski definition) is 9. The summed E-state index contributed by atoms with van der Waals surface area (Å²) < 4.78 is 85.6. The maximum atomic E-state index is 12.9. The molecule has 3 heterocycles. The van der Waals surface area contributed by atoms with Gasteiger partial charge in [-0.15, -0.1) is 18.3 Å². The van der Waals surface area contributed by atoms with E-state index in [-0.39, 0.29) is 45.3 Å². The molecule has 248 valence electrons. The van der Waals surface area contributed by atoms with Crippen LogP contribution in [0.15, 0.2) is 66.0 Å². The van der Waals surface area contributed by atoms with Crippen molar-refractivity contribution in [3.8, 4) is 34.8 Å². The minimum absolute atomic E-state index is 0.00418. The van der Waals surface area contributed by atoms with Gasteiger partial charge in [-0.1, -0.05) is 17.8 Å². The molecule has 0 saturated carbocycles. The van der Waals surface area contributed by atoms with Crippen molar-refractivity contribution in [2.45, 2.75) is 25.9 Å². The Labute approximate surface area is 271 Å². The quantitative estimate of drug-likeness (QED) is 0.207. The number of benzene rings is 2. The monoisotopic (exact) mass is 690 g/mol. The van der Waals surface area contributed by atoms with E-state index in [1.165, 1.54) is 47.4 Å². The van der Waals surface area contributed by atoms with E-state index >= 15 is 0 Å². The Morgan fingerprint density at radius 2 is 1.90 bits per heavy atom. The maximum absolute atomic E-state index is 12.9. The Kier molecular flexibility index (Phi) is 9.56. The van der Waals surface area contributed by atoms with E-state index in [1.54, 1.807) is 13.0 Å². The van der Waals surface area contributed by atoms with Gasteiger partial charge in [-0.3, -0.25) is 9.69 Å². The Balaban J connectivity index is 1.32. The molecule has 0 spiro atoms. The molecule has 0 aliphatic carbocycles. The van der Waals surface area contributed by atoms with E-state index in [1.807, 2.05) is 6.07 Å². The third kappa shape index (κ3) is 8.38. The SMILES string of the molecule is Cc1ccc(OCCC(F)(F)F)c(N2C(=O)CS/C2=N\C(=O)Nc2ccc(-c3ncn(-c4ccc(OC(F)(F)F)cn4)n3)cc2C#N)c1. The number of rotatable bonds is 8. The second-order valence-corrected chi connectivity index (χ2v) is 10.8. The number of halogens is 6. The molecule has 1 aliphatic heterocycles. The van der Waals surface area contributed by atoms with Crippen LogP contribution in [0.2, 0.25) is 0 Å². The maximum Gasteiger partial charge on any atom is 0.573 e. The first-order valence-corrected chi connectivity index (χ1v) is 14.5. The fraction of sp³-hybridized carbons (Fsp3) is 0.207. The van der Waals surface area contributed by atoms with Crippen LogP contribution < -0.4 is 19.7 Å². The van der Waals surface area contributed by atoms with Crippen molar-refractivity contribution in [2.24, 2.45) is 4.99 Å². The third-order valence-corrected chi connectivity index (χ3v) is 7.21. The number of urea groups is 1. The number of carbonyl (C=O) groups is 2. The summed E-state index contributed by atoms with van der Waals surface area (Å²) in [5, 5.41) is 16.4. The second kappa shape index (κ2) is 13.6. The van der Waals surface area contributed by atoms with Gasteiger partial charge >= 0.3 is 18.6 Å². The van der Waals surface area contributed by atoms with Crippen molar-refractivity contribution in [2.75, 3.05) is 22.6 Å². The van der Waals surface area contributed by atoms with Crippen LogP contribution in [-0.4, -0.2) is 61.8 Å². The van der Waals surface area contributed by atoms with E-state index in [4.69, 9.17) is 4.74 Å². The molecule has 0 atom stereocenters. The highest BCUT2D eigenvalue weighted by molar-refractivity contribution is 8.15. The topological polar surface area (TPSA) is 148 Å². The molecule has 2 aromatic carbocycles. The van der Waals surface area contributed by atoms with E-state index in [9.17, 15) is 41.2 Å². The Morgan fingerprint density at radius 1 is 1.10 bits per heavy atom. The normalized spacial score (nSPS) is 14.2. The number of carbonyl (C=O) groups excluding carboxylic acids is 2. The highest BCUT2D eigenvalue weighted by Gasteiger charge is 2.34. The zero-order chi connectivity index (χ0) is 34.6. The minimum atomic E-state index is -4.87. The van der Waals surface area contributed by atoms with Crippen molar-refractivity contribution in [1.82, 2.24) is 19.7 Å². The number of hydrogen-bond donors (Lipinski definition) is 1. The van der Waals surface area contributed by atoms with Gasteiger partial charge in [-0.2, -0.15) is 23.4 Å². The number of alkyl halides is 6. The number of anilines is 2. The van der Waals surface area contributed by atoms with Crippen LogP contribution in [0.25, 0.3) is 17.2 Å². The zero-order valence-corrected chi connectivity index (χ0v) is 25.2. The number of aryl methyl sites for hydroxylation is 1. The fourth-order valence-corrected chi connectivity index (χ4v) is 5.06. The number of thioether (sulfide) groups is 1. The standard InChI is InChI=1S/C29H20F6N8O4S/c1-16-2-6-22(46-9-8-28(30,31)32)21(10-16)43-24(44)14-48-27(43)40-26(45)39-20-5-3-17(11-18(20)12-36)25-38-15-42(41-25)23-7-4-19(13-37-23)47-29(33,34)35/h2-7,10-11,13,15H,8-9,14H2,1H3,(H,39,45)/b40-27-. The molecule has 1 aliphatic rings. The summed E-state index contributed by atoms with van der Waals surface area (Å²) in [7, 11) is 0. The Bertz CT molecular complexity index is 1920. The first kappa shape index (κ1) is 33.7. The highest BCUT2D eigenvalue weighted by Crippen LogP contribution is 2.36. The van der Waals surface area contributed by atoms with Gasteiger partial charge in [0.25, 0.3) is 0 Å². The lowest BCUT2D eigenvalue weighted by molar-refractivity contribution is -0.274.